The topological polar surface area (TPSA) is 9.23 Å². The lowest BCUT2D eigenvalue weighted by Crippen LogP contribution is -2.24. The standard InChI is InChI=1S/C31H20ClF11O/c1-2-3-4-5-15-6-7-19(21(33)8-15)16-10-22(34)27(23(35)11-16)17-9-20(32)28(24(36)12-17)31(42,43)44-18-13-25(37)29(26(38)14-18)30(39,40)41/h6-14H,2-5H2,1H3. The van der Waals surface area contributed by atoms with Gasteiger partial charge in [0.2, 0.25) is 0 Å². The lowest BCUT2D eigenvalue weighted by Gasteiger charge is -2.21. The molecule has 234 valence electrons. The molecule has 0 aliphatic carbocycles. The van der Waals surface area contributed by atoms with Gasteiger partial charge in [0.1, 0.15) is 51.8 Å². The number of benzene rings is 4. The van der Waals surface area contributed by atoms with Gasteiger partial charge in [0.25, 0.3) is 0 Å². The molecule has 4 aromatic rings. The first-order chi connectivity index (χ1) is 20.5. The summed E-state index contributed by atoms with van der Waals surface area (Å²) in [5.41, 5.74) is -5.26. The summed E-state index contributed by atoms with van der Waals surface area (Å²) >= 11 is 5.80. The van der Waals surface area contributed by atoms with Crippen LogP contribution in [0.5, 0.6) is 5.75 Å². The molecule has 1 nitrogen and oxygen atoms in total. The van der Waals surface area contributed by atoms with Crippen LogP contribution in [0.4, 0.5) is 48.3 Å². The van der Waals surface area contributed by atoms with Crippen LogP contribution in [0.15, 0.2) is 54.6 Å². The molecule has 0 unspecified atom stereocenters. The molecule has 0 atom stereocenters. The maximum Gasteiger partial charge on any atom is 0.431 e. The van der Waals surface area contributed by atoms with Gasteiger partial charge in [0.15, 0.2) is 0 Å². The predicted octanol–water partition coefficient (Wildman–Crippen LogP) is 11.4. The van der Waals surface area contributed by atoms with Crippen molar-refractivity contribution in [1.29, 1.82) is 0 Å². The van der Waals surface area contributed by atoms with E-state index < -0.39 is 80.2 Å². The van der Waals surface area contributed by atoms with Crippen molar-refractivity contribution in [2.24, 2.45) is 0 Å². The molecule has 13 heteroatoms. The smallest absolute Gasteiger partial charge is 0.429 e. The largest absolute Gasteiger partial charge is 0.431 e. The highest BCUT2D eigenvalue weighted by Crippen LogP contribution is 2.43. The number of unbranched alkanes of at least 4 members (excludes halogenated alkanes) is 2. The van der Waals surface area contributed by atoms with Crippen molar-refractivity contribution in [1.82, 2.24) is 0 Å². The SMILES string of the molecule is CCCCCc1ccc(-c2cc(F)c(-c3cc(F)c(C(F)(F)Oc4cc(F)c(C(F)(F)F)c(F)c4)c(Cl)c3)c(F)c2)c(F)c1. The van der Waals surface area contributed by atoms with E-state index in [2.05, 4.69) is 4.74 Å². The molecular weight excluding hydrogens is 633 g/mol. The Morgan fingerprint density at radius 2 is 1.20 bits per heavy atom. The zero-order valence-corrected chi connectivity index (χ0v) is 23.2. The summed E-state index contributed by atoms with van der Waals surface area (Å²) in [5, 5.41) is -1.15. The lowest BCUT2D eigenvalue weighted by molar-refractivity contribution is -0.187. The molecule has 0 saturated carbocycles. The van der Waals surface area contributed by atoms with Gasteiger partial charge in [-0.15, -0.1) is 0 Å². The van der Waals surface area contributed by atoms with Crippen molar-refractivity contribution in [3.63, 3.8) is 0 Å². The zero-order chi connectivity index (χ0) is 32.6. The first-order valence-corrected chi connectivity index (χ1v) is 13.3. The van der Waals surface area contributed by atoms with Crippen LogP contribution in [0.1, 0.15) is 42.9 Å². The van der Waals surface area contributed by atoms with Crippen LogP contribution in [0.3, 0.4) is 0 Å². The number of aryl methyl sites for hydroxylation is 1. The third-order valence-electron chi connectivity index (χ3n) is 6.62. The second kappa shape index (κ2) is 12.7. The van der Waals surface area contributed by atoms with Gasteiger partial charge >= 0.3 is 12.3 Å². The molecule has 0 aliphatic heterocycles. The van der Waals surface area contributed by atoms with Crippen LogP contribution >= 0.6 is 11.6 Å². The molecule has 0 bridgehead atoms. The third kappa shape index (κ3) is 6.95. The molecule has 0 heterocycles. The van der Waals surface area contributed by atoms with Crippen molar-refractivity contribution in [3.05, 3.63) is 111 Å². The van der Waals surface area contributed by atoms with Crippen LogP contribution in [0, 0.1) is 34.9 Å². The fraction of sp³-hybridized carbons (Fsp3) is 0.226. The van der Waals surface area contributed by atoms with Crippen LogP contribution in [-0.4, -0.2) is 0 Å². The monoisotopic (exact) mass is 652 g/mol. The molecule has 0 radical (unpaired) electrons. The van der Waals surface area contributed by atoms with Gasteiger partial charge in [-0.3, -0.25) is 0 Å². The molecule has 4 rings (SSSR count). The van der Waals surface area contributed by atoms with Crippen molar-refractivity contribution >= 4 is 11.6 Å². The number of rotatable bonds is 9. The normalized spacial score (nSPS) is 12.1. The van der Waals surface area contributed by atoms with Crippen molar-refractivity contribution in [3.8, 4) is 28.0 Å². The van der Waals surface area contributed by atoms with Crippen LogP contribution in [-0.2, 0) is 18.7 Å². The second-order valence-electron chi connectivity index (χ2n) is 9.78. The van der Waals surface area contributed by atoms with Crippen LogP contribution in [0.2, 0.25) is 5.02 Å². The maximum atomic E-state index is 15.1. The Balaban J connectivity index is 1.65. The van der Waals surface area contributed by atoms with Crippen molar-refractivity contribution in [2.45, 2.75) is 44.9 Å². The predicted molar refractivity (Wildman–Crippen MR) is 141 cm³/mol. The fourth-order valence-electron chi connectivity index (χ4n) is 4.61. The van der Waals surface area contributed by atoms with Gasteiger partial charge in [-0.25, -0.2) is 26.3 Å². The van der Waals surface area contributed by atoms with Gasteiger partial charge in [-0.1, -0.05) is 43.5 Å². The van der Waals surface area contributed by atoms with E-state index in [0.29, 0.717) is 18.1 Å². The number of alkyl halides is 5. The summed E-state index contributed by atoms with van der Waals surface area (Å²) in [5.74, 6) is -11.2. The first kappa shape index (κ1) is 33.1. The van der Waals surface area contributed by atoms with E-state index >= 15 is 8.78 Å². The molecule has 0 N–H and O–H groups in total. The Hall–Kier alpha value is -3.80. The third-order valence-corrected chi connectivity index (χ3v) is 6.92. The molecule has 0 spiro atoms. The highest BCUT2D eigenvalue weighted by Gasteiger charge is 2.42. The van der Waals surface area contributed by atoms with E-state index in [1.54, 1.807) is 6.07 Å². The highest BCUT2D eigenvalue weighted by molar-refractivity contribution is 6.31. The van der Waals surface area contributed by atoms with E-state index in [-0.39, 0.29) is 29.3 Å². The molecule has 4 aromatic carbocycles. The summed E-state index contributed by atoms with van der Waals surface area (Å²) in [6.45, 7) is 2.01. The molecule has 0 saturated heterocycles. The van der Waals surface area contributed by atoms with E-state index in [1.807, 2.05) is 6.92 Å². The van der Waals surface area contributed by atoms with Crippen LogP contribution < -0.4 is 4.74 Å². The summed E-state index contributed by atoms with van der Waals surface area (Å²) in [6.07, 6.45) is -6.97. The number of hydrogen-bond acceptors (Lipinski definition) is 1. The average molecular weight is 653 g/mol. The second-order valence-corrected chi connectivity index (χ2v) is 10.2. The first-order valence-electron chi connectivity index (χ1n) is 12.9. The minimum absolute atomic E-state index is 0.124. The summed E-state index contributed by atoms with van der Waals surface area (Å²) in [6, 6.07) is 6.20. The minimum Gasteiger partial charge on any atom is -0.429 e. The molecule has 44 heavy (non-hydrogen) atoms. The van der Waals surface area contributed by atoms with Crippen molar-refractivity contribution < 1.29 is 53.0 Å². The summed E-state index contributed by atoms with van der Waals surface area (Å²) in [7, 11) is 0. The zero-order valence-electron chi connectivity index (χ0n) is 22.5. The Morgan fingerprint density at radius 3 is 1.73 bits per heavy atom. The van der Waals surface area contributed by atoms with Crippen molar-refractivity contribution in [2.75, 3.05) is 0 Å². The van der Waals surface area contributed by atoms with Gasteiger partial charge in [0.05, 0.1) is 10.6 Å². The van der Waals surface area contributed by atoms with E-state index in [0.717, 1.165) is 31.4 Å². The minimum atomic E-state index is -5.49. The summed E-state index contributed by atoms with van der Waals surface area (Å²) < 4.78 is 160. The Morgan fingerprint density at radius 1 is 0.636 bits per heavy atom. The Bertz CT molecular complexity index is 1630. The van der Waals surface area contributed by atoms with Gasteiger partial charge < -0.3 is 4.74 Å². The number of hydrogen-bond donors (Lipinski definition) is 0. The Kier molecular flexibility index (Phi) is 9.53. The summed E-state index contributed by atoms with van der Waals surface area (Å²) in [4.78, 5) is 0. The van der Waals surface area contributed by atoms with E-state index in [1.165, 1.54) is 12.1 Å². The lowest BCUT2D eigenvalue weighted by atomic mass is 9.96. The average Bonchev–Trinajstić information content (AvgIpc) is 2.86. The highest BCUT2D eigenvalue weighted by atomic mass is 35.5. The maximum absolute atomic E-state index is 15.1. The van der Waals surface area contributed by atoms with Crippen LogP contribution in [0.25, 0.3) is 22.3 Å². The molecular formula is C31H20ClF11O. The van der Waals surface area contributed by atoms with E-state index in [9.17, 15) is 39.5 Å². The van der Waals surface area contributed by atoms with Gasteiger partial charge in [0, 0.05) is 17.7 Å². The molecule has 0 amide bonds. The molecule has 0 aliphatic rings. The Labute approximate surface area is 248 Å². The molecule has 0 fully saturated rings. The van der Waals surface area contributed by atoms with E-state index in [4.69, 9.17) is 11.6 Å². The van der Waals surface area contributed by atoms with Gasteiger partial charge in [-0.2, -0.15) is 22.0 Å². The van der Waals surface area contributed by atoms with Gasteiger partial charge in [-0.05, 0) is 59.9 Å². The number of ether oxygens (including phenoxy) is 1. The number of halogens is 12. The molecule has 0 aromatic heterocycles. The quantitative estimate of drug-likeness (QED) is 0.129. The fourth-order valence-corrected chi connectivity index (χ4v) is 4.92.